The first-order chi connectivity index (χ1) is 7.79. The fraction of sp³-hybridized carbons (Fsp3) is 0.571. The molecule has 16 heavy (non-hydrogen) atoms. The SMILES string of the molecule is CCC1CCCCC1Oc1ccc(O)cc1. The van der Waals surface area contributed by atoms with E-state index in [1.807, 2.05) is 12.1 Å². The molecule has 0 amide bonds. The summed E-state index contributed by atoms with van der Waals surface area (Å²) < 4.78 is 6.00. The van der Waals surface area contributed by atoms with Crippen LogP contribution in [0.15, 0.2) is 24.3 Å². The fourth-order valence-corrected chi connectivity index (χ4v) is 2.50. The average molecular weight is 220 g/mol. The van der Waals surface area contributed by atoms with E-state index in [2.05, 4.69) is 6.92 Å². The Labute approximate surface area is 97.3 Å². The molecule has 88 valence electrons. The zero-order chi connectivity index (χ0) is 11.4. The van der Waals surface area contributed by atoms with Crippen LogP contribution in [0.4, 0.5) is 0 Å². The topological polar surface area (TPSA) is 29.5 Å². The third-order valence-electron chi connectivity index (χ3n) is 3.49. The number of ether oxygens (including phenoxy) is 1. The van der Waals surface area contributed by atoms with Crippen LogP contribution in [0.25, 0.3) is 0 Å². The monoisotopic (exact) mass is 220 g/mol. The lowest BCUT2D eigenvalue weighted by Gasteiger charge is -2.31. The maximum Gasteiger partial charge on any atom is 0.120 e. The lowest BCUT2D eigenvalue weighted by Crippen LogP contribution is -2.29. The summed E-state index contributed by atoms with van der Waals surface area (Å²) in [7, 11) is 0. The molecule has 0 aliphatic heterocycles. The van der Waals surface area contributed by atoms with Gasteiger partial charge in [0.05, 0.1) is 0 Å². The van der Waals surface area contributed by atoms with Crippen molar-refractivity contribution in [3.05, 3.63) is 24.3 Å². The largest absolute Gasteiger partial charge is 0.508 e. The maximum atomic E-state index is 9.21. The Balaban J connectivity index is 1.99. The van der Waals surface area contributed by atoms with Crippen molar-refractivity contribution in [3.63, 3.8) is 0 Å². The molecule has 1 aromatic rings. The van der Waals surface area contributed by atoms with Gasteiger partial charge < -0.3 is 9.84 Å². The second-order valence-electron chi connectivity index (χ2n) is 4.60. The predicted octanol–water partition coefficient (Wildman–Crippen LogP) is 3.74. The van der Waals surface area contributed by atoms with E-state index in [0.29, 0.717) is 17.8 Å². The molecule has 0 saturated heterocycles. The summed E-state index contributed by atoms with van der Waals surface area (Å²) in [5.74, 6) is 1.87. The molecule has 1 N–H and O–H groups in total. The second-order valence-corrected chi connectivity index (χ2v) is 4.60. The molecule has 2 unspecified atom stereocenters. The van der Waals surface area contributed by atoms with Gasteiger partial charge in [-0.1, -0.05) is 13.3 Å². The number of rotatable bonds is 3. The van der Waals surface area contributed by atoms with Gasteiger partial charge in [0.1, 0.15) is 17.6 Å². The number of hydrogen-bond donors (Lipinski definition) is 1. The van der Waals surface area contributed by atoms with E-state index in [0.717, 1.165) is 5.75 Å². The first kappa shape index (κ1) is 11.3. The Bertz CT molecular complexity index is 318. The van der Waals surface area contributed by atoms with Gasteiger partial charge >= 0.3 is 0 Å². The Morgan fingerprint density at radius 3 is 2.56 bits per heavy atom. The van der Waals surface area contributed by atoms with Crippen molar-refractivity contribution in [3.8, 4) is 11.5 Å². The van der Waals surface area contributed by atoms with Crippen LogP contribution in [0.1, 0.15) is 39.0 Å². The van der Waals surface area contributed by atoms with Crippen molar-refractivity contribution in [1.82, 2.24) is 0 Å². The normalized spacial score (nSPS) is 25.3. The van der Waals surface area contributed by atoms with Gasteiger partial charge in [0, 0.05) is 0 Å². The summed E-state index contributed by atoms with van der Waals surface area (Å²) in [6.07, 6.45) is 6.64. The molecular formula is C14H20O2. The maximum absolute atomic E-state index is 9.21. The minimum atomic E-state index is 0.294. The summed E-state index contributed by atoms with van der Waals surface area (Å²) in [5, 5.41) is 9.21. The molecule has 1 saturated carbocycles. The van der Waals surface area contributed by atoms with Crippen molar-refractivity contribution in [2.45, 2.75) is 45.1 Å². The Hall–Kier alpha value is -1.18. The molecule has 1 aliphatic rings. The third-order valence-corrected chi connectivity index (χ3v) is 3.49. The van der Waals surface area contributed by atoms with Gasteiger partial charge in [-0.15, -0.1) is 0 Å². The van der Waals surface area contributed by atoms with E-state index in [9.17, 15) is 5.11 Å². The first-order valence-electron chi connectivity index (χ1n) is 6.25. The van der Waals surface area contributed by atoms with Gasteiger partial charge in [0.2, 0.25) is 0 Å². The average Bonchev–Trinajstić information content (AvgIpc) is 2.33. The van der Waals surface area contributed by atoms with Gasteiger partial charge in [0.25, 0.3) is 0 Å². The number of phenolic OH excluding ortho intramolecular Hbond substituents is 1. The molecule has 0 bridgehead atoms. The molecule has 0 radical (unpaired) electrons. The van der Waals surface area contributed by atoms with Crippen molar-refractivity contribution >= 4 is 0 Å². The van der Waals surface area contributed by atoms with Crippen LogP contribution in [0.5, 0.6) is 11.5 Å². The highest BCUT2D eigenvalue weighted by atomic mass is 16.5. The van der Waals surface area contributed by atoms with Gasteiger partial charge in [-0.25, -0.2) is 0 Å². The Kier molecular flexibility index (Phi) is 3.70. The molecule has 2 heteroatoms. The fourth-order valence-electron chi connectivity index (χ4n) is 2.50. The summed E-state index contributed by atoms with van der Waals surface area (Å²) in [6.45, 7) is 2.24. The standard InChI is InChI=1S/C14H20O2/c1-2-11-5-3-4-6-14(11)16-13-9-7-12(15)8-10-13/h7-11,14-15H,2-6H2,1H3. The van der Waals surface area contributed by atoms with E-state index in [4.69, 9.17) is 4.74 Å². The number of phenols is 1. The van der Waals surface area contributed by atoms with Crippen LogP contribution in [0, 0.1) is 5.92 Å². The van der Waals surface area contributed by atoms with Crippen LogP contribution in [0.2, 0.25) is 0 Å². The Morgan fingerprint density at radius 1 is 1.19 bits per heavy atom. The van der Waals surface area contributed by atoms with Crippen molar-refractivity contribution in [2.75, 3.05) is 0 Å². The molecule has 2 nitrogen and oxygen atoms in total. The lowest BCUT2D eigenvalue weighted by molar-refractivity contribution is 0.0903. The zero-order valence-electron chi connectivity index (χ0n) is 9.86. The van der Waals surface area contributed by atoms with Gasteiger partial charge in [0.15, 0.2) is 0 Å². The van der Waals surface area contributed by atoms with Crippen LogP contribution in [0.3, 0.4) is 0 Å². The predicted molar refractivity (Wildman–Crippen MR) is 64.8 cm³/mol. The van der Waals surface area contributed by atoms with Gasteiger partial charge in [-0.2, -0.15) is 0 Å². The highest BCUT2D eigenvalue weighted by Crippen LogP contribution is 2.30. The summed E-state index contributed by atoms with van der Waals surface area (Å²) in [5.41, 5.74) is 0. The van der Waals surface area contributed by atoms with Gasteiger partial charge in [-0.3, -0.25) is 0 Å². The Morgan fingerprint density at radius 2 is 1.88 bits per heavy atom. The second kappa shape index (κ2) is 5.24. The van der Waals surface area contributed by atoms with E-state index in [1.165, 1.54) is 32.1 Å². The van der Waals surface area contributed by atoms with E-state index >= 15 is 0 Å². The van der Waals surface area contributed by atoms with Crippen LogP contribution >= 0.6 is 0 Å². The molecule has 0 heterocycles. The quantitative estimate of drug-likeness (QED) is 0.840. The molecule has 0 aromatic heterocycles. The number of aromatic hydroxyl groups is 1. The smallest absolute Gasteiger partial charge is 0.120 e. The zero-order valence-corrected chi connectivity index (χ0v) is 9.86. The van der Waals surface area contributed by atoms with Crippen molar-refractivity contribution in [2.24, 2.45) is 5.92 Å². The van der Waals surface area contributed by atoms with Crippen LogP contribution in [-0.2, 0) is 0 Å². The number of benzene rings is 1. The molecule has 1 aliphatic carbocycles. The highest BCUT2D eigenvalue weighted by Gasteiger charge is 2.25. The first-order valence-corrected chi connectivity index (χ1v) is 6.25. The van der Waals surface area contributed by atoms with Gasteiger partial charge in [-0.05, 0) is 55.9 Å². The van der Waals surface area contributed by atoms with Crippen LogP contribution < -0.4 is 4.74 Å². The van der Waals surface area contributed by atoms with E-state index in [-0.39, 0.29) is 0 Å². The third kappa shape index (κ3) is 2.69. The number of hydrogen-bond acceptors (Lipinski definition) is 2. The molecule has 1 fully saturated rings. The highest BCUT2D eigenvalue weighted by molar-refractivity contribution is 5.30. The molecule has 0 spiro atoms. The minimum Gasteiger partial charge on any atom is -0.508 e. The molecule has 2 atom stereocenters. The van der Waals surface area contributed by atoms with Crippen molar-refractivity contribution in [1.29, 1.82) is 0 Å². The minimum absolute atomic E-state index is 0.294. The molecule has 1 aromatic carbocycles. The summed E-state index contributed by atoms with van der Waals surface area (Å²) >= 11 is 0. The summed E-state index contributed by atoms with van der Waals surface area (Å²) in [4.78, 5) is 0. The molecule has 2 rings (SSSR count). The molecular weight excluding hydrogens is 200 g/mol. The lowest BCUT2D eigenvalue weighted by atomic mass is 9.85. The van der Waals surface area contributed by atoms with Crippen LogP contribution in [-0.4, -0.2) is 11.2 Å². The van der Waals surface area contributed by atoms with E-state index in [1.54, 1.807) is 12.1 Å². The summed E-state index contributed by atoms with van der Waals surface area (Å²) in [6, 6.07) is 7.05. The van der Waals surface area contributed by atoms with Crippen molar-refractivity contribution < 1.29 is 9.84 Å². The van der Waals surface area contributed by atoms with E-state index < -0.39 is 0 Å².